The lowest BCUT2D eigenvalue weighted by Crippen LogP contribution is -2.39. The average Bonchev–Trinajstić information content (AvgIpc) is 3.15. The van der Waals surface area contributed by atoms with E-state index >= 15 is 0 Å². The van der Waals surface area contributed by atoms with E-state index in [2.05, 4.69) is 10.2 Å². The lowest BCUT2D eigenvalue weighted by atomic mass is 10.1. The molecule has 3 rings (SSSR count). The Balaban J connectivity index is 1.76. The van der Waals surface area contributed by atoms with Crippen molar-refractivity contribution in [2.75, 3.05) is 24.5 Å². The summed E-state index contributed by atoms with van der Waals surface area (Å²) >= 11 is 0. The van der Waals surface area contributed by atoms with Gasteiger partial charge in [-0.05, 0) is 49.9 Å². The summed E-state index contributed by atoms with van der Waals surface area (Å²) in [7, 11) is 0. The molecule has 1 aliphatic heterocycles. The number of hydrogen-bond donors (Lipinski definition) is 1. The second-order valence-electron chi connectivity index (χ2n) is 5.18. The molecule has 2 fully saturated rings. The molecule has 1 aromatic carbocycles. The van der Waals surface area contributed by atoms with Gasteiger partial charge in [0.1, 0.15) is 5.82 Å². The molecule has 92 valence electrons. The summed E-state index contributed by atoms with van der Waals surface area (Å²) in [5.41, 5.74) is 1.03. The zero-order valence-electron chi connectivity index (χ0n) is 10.0. The molecule has 1 heterocycles. The number of rotatable bonds is 2. The van der Waals surface area contributed by atoms with E-state index in [9.17, 15) is 4.39 Å². The van der Waals surface area contributed by atoms with Gasteiger partial charge >= 0.3 is 0 Å². The molecule has 1 unspecified atom stereocenters. The highest BCUT2D eigenvalue weighted by Crippen LogP contribution is 2.34. The average molecular weight is 234 g/mol. The van der Waals surface area contributed by atoms with Crippen LogP contribution >= 0.6 is 0 Å². The zero-order chi connectivity index (χ0) is 11.7. The zero-order valence-corrected chi connectivity index (χ0v) is 10.0. The molecule has 1 saturated heterocycles. The predicted molar refractivity (Wildman–Crippen MR) is 67.7 cm³/mol. The van der Waals surface area contributed by atoms with Gasteiger partial charge in [-0.2, -0.15) is 0 Å². The Morgan fingerprint density at radius 3 is 2.94 bits per heavy atom. The third-order valence-corrected chi connectivity index (χ3v) is 3.79. The Kier molecular flexibility index (Phi) is 3.02. The summed E-state index contributed by atoms with van der Waals surface area (Å²) in [6, 6.07) is 7.57. The van der Waals surface area contributed by atoms with Gasteiger partial charge in [0.05, 0.1) is 0 Å². The van der Waals surface area contributed by atoms with Gasteiger partial charge in [-0.3, -0.25) is 0 Å². The van der Waals surface area contributed by atoms with Crippen molar-refractivity contribution in [2.45, 2.75) is 25.3 Å². The maximum absolute atomic E-state index is 13.2. The molecule has 2 nitrogen and oxygen atoms in total. The van der Waals surface area contributed by atoms with Crippen LogP contribution in [0.15, 0.2) is 24.3 Å². The molecule has 3 heteroatoms. The maximum Gasteiger partial charge on any atom is 0.125 e. The minimum Gasteiger partial charge on any atom is -0.370 e. The van der Waals surface area contributed by atoms with Crippen molar-refractivity contribution in [3.63, 3.8) is 0 Å². The highest BCUT2D eigenvalue weighted by Gasteiger charge is 2.33. The molecular weight excluding hydrogens is 215 g/mol. The van der Waals surface area contributed by atoms with Gasteiger partial charge in [-0.1, -0.05) is 6.07 Å². The van der Waals surface area contributed by atoms with Crippen molar-refractivity contribution in [2.24, 2.45) is 5.92 Å². The molecule has 1 atom stereocenters. The third-order valence-electron chi connectivity index (χ3n) is 3.79. The van der Waals surface area contributed by atoms with E-state index in [0.717, 1.165) is 37.7 Å². The van der Waals surface area contributed by atoms with E-state index in [0.29, 0.717) is 6.04 Å². The number of halogens is 1. The van der Waals surface area contributed by atoms with E-state index in [-0.39, 0.29) is 5.82 Å². The largest absolute Gasteiger partial charge is 0.370 e. The van der Waals surface area contributed by atoms with Crippen LogP contribution in [0.1, 0.15) is 19.3 Å². The lowest BCUT2D eigenvalue weighted by molar-refractivity contribution is 0.490. The van der Waals surface area contributed by atoms with Crippen LogP contribution in [0, 0.1) is 11.7 Å². The highest BCUT2D eigenvalue weighted by molar-refractivity contribution is 5.46. The molecule has 0 amide bonds. The van der Waals surface area contributed by atoms with Crippen LogP contribution in [0.25, 0.3) is 0 Å². The minimum absolute atomic E-state index is 0.136. The number of hydrogen-bond acceptors (Lipinski definition) is 2. The number of nitrogens with one attached hydrogen (secondary N) is 1. The third kappa shape index (κ3) is 2.60. The summed E-state index contributed by atoms with van der Waals surface area (Å²) in [4.78, 5) is 2.33. The molecule has 1 N–H and O–H groups in total. The van der Waals surface area contributed by atoms with Gasteiger partial charge in [0.2, 0.25) is 0 Å². The minimum atomic E-state index is -0.136. The van der Waals surface area contributed by atoms with Crippen LogP contribution in [-0.4, -0.2) is 25.7 Å². The maximum atomic E-state index is 13.2. The first kappa shape index (κ1) is 11.0. The fraction of sp³-hybridized carbons (Fsp3) is 0.571. The monoisotopic (exact) mass is 234 g/mol. The summed E-state index contributed by atoms with van der Waals surface area (Å²) < 4.78 is 13.2. The van der Waals surface area contributed by atoms with Crippen LogP contribution in [0.2, 0.25) is 0 Å². The summed E-state index contributed by atoms with van der Waals surface area (Å²) in [6.45, 7) is 3.14. The lowest BCUT2D eigenvalue weighted by Gasteiger charge is -2.26. The van der Waals surface area contributed by atoms with Crippen molar-refractivity contribution in [3.05, 3.63) is 30.1 Å². The van der Waals surface area contributed by atoms with Crippen LogP contribution in [0.5, 0.6) is 0 Å². The summed E-state index contributed by atoms with van der Waals surface area (Å²) in [6.07, 6.45) is 3.85. The molecule has 1 aromatic rings. The van der Waals surface area contributed by atoms with Crippen molar-refractivity contribution in [1.82, 2.24) is 5.32 Å². The highest BCUT2D eigenvalue weighted by atomic mass is 19.1. The SMILES string of the molecule is Fc1cccc(N2CCCNC(C3CC3)C2)c1. The van der Waals surface area contributed by atoms with E-state index in [4.69, 9.17) is 0 Å². The second-order valence-corrected chi connectivity index (χ2v) is 5.18. The van der Waals surface area contributed by atoms with Crippen LogP contribution in [0.4, 0.5) is 10.1 Å². The predicted octanol–water partition coefficient (Wildman–Crippen LogP) is 2.40. The number of nitrogens with zero attached hydrogens (tertiary/aromatic N) is 1. The second kappa shape index (κ2) is 4.65. The van der Waals surface area contributed by atoms with E-state index in [1.807, 2.05) is 6.07 Å². The van der Waals surface area contributed by atoms with Crippen molar-refractivity contribution < 1.29 is 4.39 Å². The molecule has 0 bridgehead atoms. The van der Waals surface area contributed by atoms with Gasteiger partial charge in [0.15, 0.2) is 0 Å². The smallest absolute Gasteiger partial charge is 0.125 e. The van der Waals surface area contributed by atoms with Crippen molar-refractivity contribution in [3.8, 4) is 0 Å². The first-order valence-corrected chi connectivity index (χ1v) is 6.57. The van der Waals surface area contributed by atoms with Gasteiger partial charge in [0.25, 0.3) is 0 Å². The van der Waals surface area contributed by atoms with E-state index in [1.54, 1.807) is 12.1 Å². The fourth-order valence-corrected chi connectivity index (χ4v) is 2.67. The van der Waals surface area contributed by atoms with Crippen LogP contribution < -0.4 is 10.2 Å². The summed E-state index contributed by atoms with van der Waals surface area (Å²) in [5.74, 6) is 0.715. The van der Waals surface area contributed by atoms with Gasteiger partial charge in [-0.25, -0.2) is 4.39 Å². The van der Waals surface area contributed by atoms with Crippen molar-refractivity contribution in [1.29, 1.82) is 0 Å². The van der Waals surface area contributed by atoms with Crippen molar-refractivity contribution >= 4 is 5.69 Å². The molecule has 0 spiro atoms. The molecule has 1 aliphatic carbocycles. The quantitative estimate of drug-likeness (QED) is 0.845. The van der Waals surface area contributed by atoms with Gasteiger partial charge < -0.3 is 10.2 Å². The summed E-state index contributed by atoms with van der Waals surface area (Å²) in [5, 5.41) is 3.62. The Morgan fingerprint density at radius 2 is 2.18 bits per heavy atom. The Bertz CT molecular complexity index is 390. The Hall–Kier alpha value is -1.09. The molecule has 2 aliphatic rings. The van der Waals surface area contributed by atoms with Gasteiger partial charge in [0, 0.05) is 24.8 Å². The normalized spacial score (nSPS) is 25.7. The van der Waals surface area contributed by atoms with E-state index < -0.39 is 0 Å². The molecule has 1 saturated carbocycles. The first-order valence-electron chi connectivity index (χ1n) is 6.57. The van der Waals surface area contributed by atoms with E-state index in [1.165, 1.54) is 18.9 Å². The molecule has 17 heavy (non-hydrogen) atoms. The van der Waals surface area contributed by atoms with Crippen LogP contribution in [-0.2, 0) is 0 Å². The van der Waals surface area contributed by atoms with Crippen LogP contribution in [0.3, 0.4) is 0 Å². The Morgan fingerprint density at radius 1 is 1.29 bits per heavy atom. The first-order chi connectivity index (χ1) is 8.33. The topological polar surface area (TPSA) is 15.3 Å². The van der Waals surface area contributed by atoms with Gasteiger partial charge in [-0.15, -0.1) is 0 Å². The molecule has 0 radical (unpaired) electrons. The molecular formula is C14H19FN2. The standard InChI is InChI=1S/C14H19FN2/c15-12-3-1-4-13(9-12)17-8-2-7-16-14(10-17)11-5-6-11/h1,3-4,9,11,14,16H,2,5-8,10H2. The fourth-order valence-electron chi connectivity index (χ4n) is 2.67. The molecule has 0 aromatic heterocycles. The Labute approximate surface area is 102 Å². The number of benzene rings is 1. The number of anilines is 1.